The Morgan fingerprint density at radius 3 is 2.21 bits per heavy atom. The third-order valence-corrected chi connectivity index (χ3v) is 5.39. The standard InChI is InChI=1S/C25H18Cl2N2O5/c26-17-7-9-18(10-8-17)29-24(31)20(23(30)28-25(29)32)15-16-5-11-19(12-6-16)33-13-14-34-22-4-2-1-3-21(22)27/h1-12,15H,13-14H2,(H,28,30,32)/b20-15+. The van der Waals surface area contributed by atoms with Crippen molar-refractivity contribution in [3.8, 4) is 11.5 Å². The molecule has 9 heteroatoms. The average Bonchev–Trinajstić information content (AvgIpc) is 2.82. The van der Waals surface area contributed by atoms with E-state index < -0.39 is 17.8 Å². The van der Waals surface area contributed by atoms with Crippen LogP contribution < -0.4 is 19.7 Å². The van der Waals surface area contributed by atoms with Crippen LogP contribution in [0.3, 0.4) is 0 Å². The molecule has 34 heavy (non-hydrogen) atoms. The highest BCUT2D eigenvalue weighted by Gasteiger charge is 2.36. The quantitative estimate of drug-likeness (QED) is 0.278. The third-order valence-electron chi connectivity index (χ3n) is 4.82. The molecule has 3 aromatic rings. The van der Waals surface area contributed by atoms with Crippen molar-refractivity contribution in [2.45, 2.75) is 0 Å². The molecule has 0 aromatic heterocycles. The van der Waals surface area contributed by atoms with Crippen molar-refractivity contribution in [2.24, 2.45) is 0 Å². The van der Waals surface area contributed by atoms with Crippen LogP contribution in [0.25, 0.3) is 6.08 Å². The van der Waals surface area contributed by atoms with E-state index in [1.807, 2.05) is 12.1 Å². The van der Waals surface area contributed by atoms with E-state index in [0.29, 0.717) is 46.0 Å². The molecular formula is C25H18Cl2N2O5. The van der Waals surface area contributed by atoms with Gasteiger partial charge in [-0.15, -0.1) is 0 Å². The van der Waals surface area contributed by atoms with Crippen molar-refractivity contribution in [3.63, 3.8) is 0 Å². The summed E-state index contributed by atoms with van der Waals surface area (Å²) in [6, 6.07) is 19.3. The molecule has 1 aliphatic rings. The molecule has 7 nitrogen and oxygen atoms in total. The van der Waals surface area contributed by atoms with Gasteiger partial charge in [0, 0.05) is 5.02 Å². The topological polar surface area (TPSA) is 84.9 Å². The van der Waals surface area contributed by atoms with E-state index in [-0.39, 0.29) is 5.57 Å². The number of urea groups is 1. The van der Waals surface area contributed by atoms with Crippen molar-refractivity contribution in [1.82, 2.24) is 5.32 Å². The molecule has 1 aliphatic heterocycles. The van der Waals surface area contributed by atoms with Crippen LogP contribution in [-0.4, -0.2) is 31.1 Å². The number of carbonyl (C=O) groups excluding carboxylic acids is 3. The zero-order valence-corrected chi connectivity index (χ0v) is 19.2. The van der Waals surface area contributed by atoms with Crippen molar-refractivity contribution in [3.05, 3.63) is 94.0 Å². The van der Waals surface area contributed by atoms with E-state index in [4.69, 9.17) is 32.7 Å². The molecule has 4 rings (SSSR count). The molecule has 172 valence electrons. The molecule has 1 heterocycles. The summed E-state index contributed by atoms with van der Waals surface area (Å²) >= 11 is 11.9. The molecule has 0 radical (unpaired) electrons. The first kappa shape index (κ1) is 23.4. The Labute approximate surface area is 205 Å². The van der Waals surface area contributed by atoms with Crippen molar-refractivity contribution >= 4 is 52.8 Å². The summed E-state index contributed by atoms with van der Waals surface area (Å²) in [6.07, 6.45) is 1.41. The summed E-state index contributed by atoms with van der Waals surface area (Å²) in [7, 11) is 0. The van der Waals surface area contributed by atoms with Crippen LogP contribution in [0.15, 0.2) is 78.4 Å². The summed E-state index contributed by atoms with van der Waals surface area (Å²) in [5.74, 6) is -0.330. The number of halogens is 2. The van der Waals surface area contributed by atoms with E-state index in [9.17, 15) is 14.4 Å². The molecule has 0 bridgehead atoms. The van der Waals surface area contributed by atoms with Crippen LogP contribution in [0.5, 0.6) is 11.5 Å². The molecule has 0 aliphatic carbocycles. The smallest absolute Gasteiger partial charge is 0.335 e. The molecule has 1 fully saturated rings. The van der Waals surface area contributed by atoms with Gasteiger partial charge in [-0.1, -0.05) is 47.5 Å². The van der Waals surface area contributed by atoms with Crippen LogP contribution in [0, 0.1) is 0 Å². The highest BCUT2D eigenvalue weighted by Crippen LogP contribution is 2.25. The van der Waals surface area contributed by atoms with E-state index in [2.05, 4.69) is 5.32 Å². The second-order valence-electron chi connectivity index (χ2n) is 7.13. The fraction of sp³-hybridized carbons (Fsp3) is 0.0800. The van der Waals surface area contributed by atoms with E-state index >= 15 is 0 Å². The molecule has 0 saturated carbocycles. The predicted octanol–water partition coefficient (Wildman–Crippen LogP) is 5.12. The van der Waals surface area contributed by atoms with Gasteiger partial charge in [-0.3, -0.25) is 14.9 Å². The third kappa shape index (κ3) is 5.39. The number of rotatable bonds is 7. The SMILES string of the molecule is O=C1NC(=O)N(c2ccc(Cl)cc2)C(=O)/C1=C/c1ccc(OCCOc2ccccc2Cl)cc1. The molecule has 0 spiro atoms. The summed E-state index contributed by atoms with van der Waals surface area (Å²) in [4.78, 5) is 38.4. The molecular weight excluding hydrogens is 479 g/mol. The van der Waals surface area contributed by atoms with Gasteiger partial charge >= 0.3 is 6.03 Å². The normalized spacial score (nSPS) is 14.8. The monoisotopic (exact) mass is 496 g/mol. The largest absolute Gasteiger partial charge is 0.490 e. The van der Waals surface area contributed by atoms with Crippen LogP contribution in [-0.2, 0) is 9.59 Å². The highest BCUT2D eigenvalue weighted by molar-refractivity contribution is 6.39. The molecule has 0 atom stereocenters. The van der Waals surface area contributed by atoms with Gasteiger partial charge in [-0.25, -0.2) is 9.69 Å². The van der Waals surface area contributed by atoms with Crippen LogP contribution in [0.4, 0.5) is 10.5 Å². The zero-order chi connectivity index (χ0) is 24.1. The number of amides is 4. The second-order valence-corrected chi connectivity index (χ2v) is 7.97. The van der Waals surface area contributed by atoms with Crippen LogP contribution in [0.2, 0.25) is 10.0 Å². The summed E-state index contributed by atoms with van der Waals surface area (Å²) in [5, 5.41) is 3.17. The number of carbonyl (C=O) groups is 3. The minimum atomic E-state index is -0.822. The number of nitrogens with zero attached hydrogens (tertiary/aromatic N) is 1. The Balaban J connectivity index is 1.41. The van der Waals surface area contributed by atoms with Gasteiger partial charge in [0.25, 0.3) is 11.8 Å². The van der Waals surface area contributed by atoms with Gasteiger partial charge in [0.2, 0.25) is 0 Å². The Hall–Kier alpha value is -3.81. The maximum atomic E-state index is 12.9. The number of hydrogen-bond acceptors (Lipinski definition) is 5. The number of imide groups is 2. The van der Waals surface area contributed by atoms with Gasteiger partial charge in [0.1, 0.15) is 30.3 Å². The highest BCUT2D eigenvalue weighted by atomic mass is 35.5. The Morgan fingerprint density at radius 2 is 1.50 bits per heavy atom. The maximum absolute atomic E-state index is 12.9. The van der Waals surface area contributed by atoms with Gasteiger partial charge in [-0.2, -0.15) is 0 Å². The minimum absolute atomic E-state index is 0.170. The maximum Gasteiger partial charge on any atom is 0.335 e. The van der Waals surface area contributed by atoms with E-state index in [1.165, 1.54) is 18.2 Å². The van der Waals surface area contributed by atoms with Crippen molar-refractivity contribution in [2.75, 3.05) is 18.1 Å². The number of hydrogen-bond donors (Lipinski definition) is 1. The number of anilines is 1. The Bertz CT molecular complexity index is 1260. The molecule has 4 amide bonds. The Morgan fingerprint density at radius 1 is 0.824 bits per heavy atom. The van der Waals surface area contributed by atoms with Gasteiger partial charge in [0.15, 0.2) is 0 Å². The van der Waals surface area contributed by atoms with Crippen LogP contribution >= 0.6 is 23.2 Å². The second kappa shape index (κ2) is 10.4. The van der Waals surface area contributed by atoms with Crippen molar-refractivity contribution in [1.29, 1.82) is 0 Å². The molecule has 0 unspecified atom stereocenters. The average molecular weight is 497 g/mol. The van der Waals surface area contributed by atoms with E-state index in [0.717, 1.165) is 4.90 Å². The fourth-order valence-corrected chi connectivity index (χ4v) is 3.50. The van der Waals surface area contributed by atoms with Crippen molar-refractivity contribution < 1.29 is 23.9 Å². The summed E-state index contributed by atoms with van der Waals surface area (Å²) < 4.78 is 11.2. The lowest BCUT2D eigenvalue weighted by Crippen LogP contribution is -2.54. The minimum Gasteiger partial charge on any atom is -0.490 e. The number of para-hydroxylation sites is 1. The summed E-state index contributed by atoms with van der Waals surface area (Å²) in [5.41, 5.74) is 0.716. The first-order valence-corrected chi connectivity index (χ1v) is 11.0. The van der Waals surface area contributed by atoms with E-state index in [1.54, 1.807) is 48.5 Å². The Kier molecular flexibility index (Phi) is 7.15. The number of ether oxygens (including phenoxy) is 2. The number of nitrogens with one attached hydrogen (secondary N) is 1. The zero-order valence-electron chi connectivity index (χ0n) is 17.7. The van der Waals surface area contributed by atoms with Gasteiger partial charge in [-0.05, 0) is 60.2 Å². The van der Waals surface area contributed by atoms with Gasteiger partial charge in [0.05, 0.1) is 10.7 Å². The number of barbiturate groups is 1. The molecule has 1 N–H and O–H groups in total. The first-order chi connectivity index (χ1) is 16.4. The predicted molar refractivity (Wildman–Crippen MR) is 129 cm³/mol. The fourth-order valence-electron chi connectivity index (χ4n) is 3.18. The molecule has 3 aromatic carbocycles. The van der Waals surface area contributed by atoms with Crippen LogP contribution in [0.1, 0.15) is 5.56 Å². The molecule has 1 saturated heterocycles. The lowest BCUT2D eigenvalue weighted by molar-refractivity contribution is -0.122. The lowest BCUT2D eigenvalue weighted by atomic mass is 10.1. The summed E-state index contributed by atoms with van der Waals surface area (Å²) in [6.45, 7) is 0.601. The van der Waals surface area contributed by atoms with Gasteiger partial charge < -0.3 is 9.47 Å². The first-order valence-electron chi connectivity index (χ1n) is 10.2. The number of benzene rings is 3. The lowest BCUT2D eigenvalue weighted by Gasteiger charge is -2.26.